The fourth-order valence-electron chi connectivity index (χ4n) is 1.89. The number of hydrogen-bond donors (Lipinski definition) is 1. The van der Waals surface area contributed by atoms with E-state index in [1.165, 1.54) is 12.1 Å². The van der Waals surface area contributed by atoms with E-state index in [-0.39, 0.29) is 11.2 Å². The van der Waals surface area contributed by atoms with Crippen molar-refractivity contribution in [2.24, 2.45) is 0 Å². The van der Waals surface area contributed by atoms with Crippen LogP contribution in [-0.4, -0.2) is 16.5 Å². The highest BCUT2D eigenvalue weighted by molar-refractivity contribution is 6.33. The smallest absolute Gasteiger partial charge is 0.163 e. The van der Waals surface area contributed by atoms with Crippen molar-refractivity contribution in [3.63, 3.8) is 0 Å². The Morgan fingerprint density at radius 2 is 1.90 bits per heavy atom. The molecule has 2 aromatic rings. The zero-order chi connectivity index (χ0) is 15.6. The Bertz CT molecular complexity index is 650. The molecule has 0 aliphatic rings. The predicted octanol–water partition coefficient (Wildman–Crippen LogP) is 4.67. The molecule has 1 aromatic carbocycles. The molecule has 0 saturated heterocycles. The van der Waals surface area contributed by atoms with Gasteiger partial charge in [0.25, 0.3) is 0 Å². The van der Waals surface area contributed by atoms with E-state index in [4.69, 9.17) is 11.6 Å². The second-order valence-corrected chi connectivity index (χ2v) is 6.27. The predicted molar refractivity (Wildman–Crippen MR) is 85.3 cm³/mol. The minimum atomic E-state index is -0.373. The van der Waals surface area contributed by atoms with Crippen LogP contribution in [0.5, 0.6) is 0 Å². The first kappa shape index (κ1) is 15.7. The summed E-state index contributed by atoms with van der Waals surface area (Å²) in [6.07, 6.45) is 0. The molecule has 0 radical (unpaired) electrons. The minimum absolute atomic E-state index is 0.117. The molecule has 0 saturated carbocycles. The van der Waals surface area contributed by atoms with Gasteiger partial charge in [0.15, 0.2) is 5.82 Å². The molecular weight excluding hydrogens is 289 g/mol. The molecule has 112 valence electrons. The molecule has 1 aromatic heterocycles. The van der Waals surface area contributed by atoms with Crippen molar-refractivity contribution in [3.05, 3.63) is 40.8 Å². The van der Waals surface area contributed by atoms with Gasteiger partial charge in [0, 0.05) is 23.6 Å². The van der Waals surface area contributed by atoms with Gasteiger partial charge in [-0.15, -0.1) is 0 Å². The van der Waals surface area contributed by atoms with Crippen LogP contribution in [0.1, 0.15) is 33.4 Å². The highest BCUT2D eigenvalue weighted by Crippen LogP contribution is 2.30. The fourth-order valence-corrected chi connectivity index (χ4v) is 2.15. The lowest BCUT2D eigenvalue weighted by Crippen LogP contribution is -2.16. The van der Waals surface area contributed by atoms with Gasteiger partial charge in [-0.2, -0.15) is 0 Å². The Morgan fingerprint density at radius 1 is 1.19 bits per heavy atom. The SMILES string of the molecule is CCNc1cc(C(C)(C)C)nc(-c2ccc(F)cc2Cl)n1. The second-order valence-electron chi connectivity index (χ2n) is 5.87. The van der Waals surface area contributed by atoms with Gasteiger partial charge < -0.3 is 5.32 Å². The van der Waals surface area contributed by atoms with Gasteiger partial charge in [-0.3, -0.25) is 0 Å². The lowest BCUT2D eigenvalue weighted by Gasteiger charge is -2.20. The number of rotatable bonds is 3. The summed E-state index contributed by atoms with van der Waals surface area (Å²) in [5.74, 6) is 0.874. The lowest BCUT2D eigenvalue weighted by atomic mass is 9.91. The number of benzene rings is 1. The largest absolute Gasteiger partial charge is 0.370 e. The molecule has 0 aliphatic heterocycles. The first-order valence-corrected chi connectivity index (χ1v) is 7.28. The summed E-state index contributed by atoms with van der Waals surface area (Å²) < 4.78 is 13.2. The van der Waals surface area contributed by atoms with Gasteiger partial charge in [-0.1, -0.05) is 32.4 Å². The van der Waals surface area contributed by atoms with E-state index in [2.05, 4.69) is 36.1 Å². The average molecular weight is 308 g/mol. The molecule has 0 aliphatic carbocycles. The maximum atomic E-state index is 13.2. The van der Waals surface area contributed by atoms with Crippen LogP contribution in [0.2, 0.25) is 5.02 Å². The maximum absolute atomic E-state index is 13.2. The molecule has 21 heavy (non-hydrogen) atoms. The van der Waals surface area contributed by atoms with E-state index in [0.29, 0.717) is 16.4 Å². The molecule has 0 fully saturated rings. The van der Waals surface area contributed by atoms with Crippen molar-refractivity contribution < 1.29 is 4.39 Å². The first-order chi connectivity index (χ1) is 9.81. The lowest BCUT2D eigenvalue weighted by molar-refractivity contribution is 0.568. The highest BCUT2D eigenvalue weighted by atomic mass is 35.5. The van der Waals surface area contributed by atoms with Crippen molar-refractivity contribution in [1.82, 2.24) is 9.97 Å². The molecule has 5 heteroatoms. The number of nitrogens with zero attached hydrogens (tertiary/aromatic N) is 2. The molecule has 0 amide bonds. The highest BCUT2D eigenvalue weighted by Gasteiger charge is 2.19. The normalized spacial score (nSPS) is 11.5. The van der Waals surface area contributed by atoms with Crippen LogP contribution >= 0.6 is 11.6 Å². The van der Waals surface area contributed by atoms with E-state index in [9.17, 15) is 4.39 Å². The Balaban J connectivity index is 2.59. The quantitative estimate of drug-likeness (QED) is 0.895. The van der Waals surface area contributed by atoms with Crippen LogP contribution in [0, 0.1) is 5.82 Å². The van der Waals surface area contributed by atoms with Crippen LogP contribution in [-0.2, 0) is 5.41 Å². The molecule has 1 N–H and O–H groups in total. The van der Waals surface area contributed by atoms with Crippen LogP contribution < -0.4 is 5.32 Å². The summed E-state index contributed by atoms with van der Waals surface area (Å²) in [6.45, 7) is 9.02. The number of hydrogen-bond acceptors (Lipinski definition) is 3. The summed E-state index contributed by atoms with van der Waals surface area (Å²) in [5, 5.41) is 3.50. The monoisotopic (exact) mass is 307 g/mol. The average Bonchev–Trinajstić information content (AvgIpc) is 2.37. The molecule has 2 rings (SSSR count). The van der Waals surface area contributed by atoms with E-state index in [1.54, 1.807) is 6.07 Å². The zero-order valence-corrected chi connectivity index (χ0v) is 13.4. The van der Waals surface area contributed by atoms with Crippen molar-refractivity contribution in [2.45, 2.75) is 33.1 Å². The van der Waals surface area contributed by atoms with Gasteiger partial charge in [-0.05, 0) is 25.1 Å². The second kappa shape index (κ2) is 5.98. The topological polar surface area (TPSA) is 37.8 Å². The van der Waals surface area contributed by atoms with Crippen molar-refractivity contribution in [2.75, 3.05) is 11.9 Å². The van der Waals surface area contributed by atoms with Crippen molar-refractivity contribution in [3.8, 4) is 11.4 Å². The van der Waals surface area contributed by atoms with E-state index in [0.717, 1.165) is 18.1 Å². The van der Waals surface area contributed by atoms with Crippen LogP contribution in [0.3, 0.4) is 0 Å². The van der Waals surface area contributed by atoms with Gasteiger partial charge in [0.2, 0.25) is 0 Å². The standard InChI is InChI=1S/C16H19ClFN3/c1-5-19-14-9-13(16(2,3)4)20-15(21-14)11-7-6-10(18)8-12(11)17/h6-9H,5H2,1-4H3,(H,19,20,21). The Morgan fingerprint density at radius 3 is 2.48 bits per heavy atom. The summed E-state index contributed by atoms with van der Waals surface area (Å²) in [4.78, 5) is 9.06. The van der Waals surface area contributed by atoms with Gasteiger partial charge in [0.1, 0.15) is 11.6 Å². The Kier molecular flexibility index (Phi) is 4.47. The number of aromatic nitrogens is 2. The van der Waals surface area contributed by atoms with Gasteiger partial charge in [-0.25, -0.2) is 14.4 Å². The van der Waals surface area contributed by atoms with Crippen LogP contribution in [0.4, 0.5) is 10.2 Å². The van der Waals surface area contributed by atoms with E-state index in [1.807, 2.05) is 13.0 Å². The maximum Gasteiger partial charge on any atom is 0.163 e. The fraction of sp³-hybridized carbons (Fsp3) is 0.375. The molecule has 0 spiro atoms. The van der Waals surface area contributed by atoms with Gasteiger partial charge >= 0.3 is 0 Å². The Hall–Kier alpha value is -1.68. The van der Waals surface area contributed by atoms with Gasteiger partial charge in [0.05, 0.1) is 10.7 Å². The molecular formula is C16H19ClFN3. The molecule has 0 unspecified atom stereocenters. The van der Waals surface area contributed by atoms with Crippen LogP contribution in [0.25, 0.3) is 11.4 Å². The molecule has 0 atom stereocenters. The molecule has 1 heterocycles. The number of anilines is 1. The first-order valence-electron chi connectivity index (χ1n) is 6.90. The third kappa shape index (κ3) is 3.70. The third-order valence-electron chi connectivity index (χ3n) is 3.02. The summed E-state index contributed by atoms with van der Waals surface area (Å²) >= 11 is 6.12. The zero-order valence-electron chi connectivity index (χ0n) is 12.7. The summed E-state index contributed by atoms with van der Waals surface area (Å²) in [5.41, 5.74) is 1.42. The third-order valence-corrected chi connectivity index (χ3v) is 3.34. The molecule has 0 bridgehead atoms. The number of nitrogens with one attached hydrogen (secondary N) is 1. The molecule has 3 nitrogen and oxygen atoms in total. The number of halogens is 2. The summed E-state index contributed by atoms with van der Waals surface area (Å²) in [6, 6.07) is 6.18. The Labute approximate surface area is 129 Å². The minimum Gasteiger partial charge on any atom is -0.370 e. The summed E-state index contributed by atoms with van der Waals surface area (Å²) in [7, 11) is 0. The van der Waals surface area contributed by atoms with Crippen molar-refractivity contribution >= 4 is 17.4 Å². The van der Waals surface area contributed by atoms with E-state index >= 15 is 0 Å². The van der Waals surface area contributed by atoms with Crippen LogP contribution in [0.15, 0.2) is 24.3 Å². The van der Waals surface area contributed by atoms with Crippen molar-refractivity contribution in [1.29, 1.82) is 0 Å². The van der Waals surface area contributed by atoms with E-state index < -0.39 is 0 Å².